The third kappa shape index (κ3) is 4.34. The Balaban J connectivity index is 1.74. The number of nitrogens with zero attached hydrogens (tertiary/aromatic N) is 1. The van der Waals surface area contributed by atoms with Crippen LogP contribution in [0.2, 0.25) is 0 Å². The maximum Gasteiger partial charge on any atom is 0.163 e. The van der Waals surface area contributed by atoms with Crippen molar-refractivity contribution < 1.29 is 9.53 Å². The van der Waals surface area contributed by atoms with Gasteiger partial charge in [-0.1, -0.05) is 19.1 Å². The first-order valence-corrected chi connectivity index (χ1v) is 7.62. The second-order valence-corrected chi connectivity index (χ2v) is 5.80. The van der Waals surface area contributed by atoms with Gasteiger partial charge in [0.1, 0.15) is 5.75 Å². The van der Waals surface area contributed by atoms with Gasteiger partial charge in [0.2, 0.25) is 0 Å². The van der Waals surface area contributed by atoms with Gasteiger partial charge in [-0.2, -0.15) is 0 Å². The van der Waals surface area contributed by atoms with E-state index in [1.807, 2.05) is 24.3 Å². The summed E-state index contributed by atoms with van der Waals surface area (Å²) in [5, 5.41) is 0. The fourth-order valence-corrected chi connectivity index (χ4v) is 2.84. The van der Waals surface area contributed by atoms with Crippen LogP contribution in [0.15, 0.2) is 24.3 Å². The molecule has 1 aromatic rings. The Labute approximate surface area is 121 Å². The van der Waals surface area contributed by atoms with Crippen LogP contribution < -0.4 is 4.74 Å². The van der Waals surface area contributed by atoms with Crippen molar-refractivity contribution in [3.63, 3.8) is 0 Å². The minimum absolute atomic E-state index is 0.0606. The van der Waals surface area contributed by atoms with Crippen LogP contribution in [0.5, 0.6) is 5.75 Å². The van der Waals surface area contributed by atoms with Crippen molar-refractivity contribution in [3.8, 4) is 5.75 Å². The Bertz CT molecular complexity index is 444. The van der Waals surface area contributed by atoms with Gasteiger partial charge in [-0.3, -0.25) is 4.79 Å². The van der Waals surface area contributed by atoms with Crippen molar-refractivity contribution in [2.24, 2.45) is 5.92 Å². The number of hydrogen-bond donors (Lipinski definition) is 0. The van der Waals surface area contributed by atoms with E-state index in [1.54, 1.807) is 6.92 Å². The second kappa shape index (κ2) is 7.44. The van der Waals surface area contributed by atoms with Crippen LogP contribution in [0.3, 0.4) is 0 Å². The summed E-state index contributed by atoms with van der Waals surface area (Å²) in [5.74, 6) is 1.60. The van der Waals surface area contributed by atoms with Crippen LogP contribution in [0, 0.1) is 5.92 Å². The van der Waals surface area contributed by atoms with Gasteiger partial charge in [-0.15, -0.1) is 0 Å². The highest BCUT2D eigenvalue weighted by Crippen LogP contribution is 2.19. The molecular weight excluding hydrogens is 250 g/mol. The highest BCUT2D eigenvalue weighted by atomic mass is 16.5. The van der Waals surface area contributed by atoms with E-state index in [4.69, 9.17) is 4.74 Å². The Morgan fingerprint density at radius 2 is 2.20 bits per heavy atom. The van der Waals surface area contributed by atoms with Gasteiger partial charge in [0.05, 0.1) is 12.2 Å². The molecule has 0 radical (unpaired) electrons. The largest absolute Gasteiger partial charge is 0.493 e. The monoisotopic (exact) mass is 275 g/mol. The lowest BCUT2D eigenvalue weighted by molar-refractivity contribution is 0.101. The number of hydrogen-bond acceptors (Lipinski definition) is 3. The van der Waals surface area contributed by atoms with Crippen LogP contribution in [0.25, 0.3) is 0 Å². The molecule has 2 rings (SSSR count). The topological polar surface area (TPSA) is 29.5 Å². The molecule has 0 amide bonds. The summed E-state index contributed by atoms with van der Waals surface area (Å²) in [6, 6.07) is 7.48. The highest BCUT2D eigenvalue weighted by molar-refractivity contribution is 5.96. The van der Waals surface area contributed by atoms with E-state index < -0.39 is 0 Å². The minimum Gasteiger partial charge on any atom is -0.493 e. The zero-order chi connectivity index (χ0) is 14.4. The lowest BCUT2D eigenvalue weighted by Crippen LogP contribution is -2.35. The summed E-state index contributed by atoms with van der Waals surface area (Å²) in [6.07, 6.45) is 3.69. The summed E-state index contributed by atoms with van der Waals surface area (Å²) >= 11 is 0. The normalized spacial score (nSPS) is 19.8. The number of rotatable bonds is 6. The van der Waals surface area contributed by atoms with Crippen molar-refractivity contribution >= 4 is 5.78 Å². The smallest absolute Gasteiger partial charge is 0.163 e. The summed E-state index contributed by atoms with van der Waals surface area (Å²) in [5.41, 5.74) is 0.680. The molecule has 0 spiro atoms. The van der Waals surface area contributed by atoms with E-state index in [2.05, 4.69) is 11.8 Å². The number of piperidine rings is 1. The van der Waals surface area contributed by atoms with Crippen molar-refractivity contribution in [2.45, 2.75) is 33.1 Å². The lowest BCUT2D eigenvalue weighted by Gasteiger charge is -2.30. The average Bonchev–Trinajstić information content (AvgIpc) is 2.44. The van der Waals surface area contributed by atoms with Gasteiger partial charge in [-0.25, -0.2) is 0 Å². The molecule has 1 atom stereocenters. The third-order valence-corrected chi connectivity index (χ3v) is 3.88. The number of para-hydroxylation sites is 1. The molecular formula is C17H25NO2. The van der Waals surface area contributed by atoms with Gasteiger partial charge < -0.3 is 9.64 Å². The van der Waals surface area contributed by atoms with Crippen LogP contribution >= 0.6 is 0 Å². The zero-order valence-electron chi connectivity index (χ0n) is 12.6. The molecule has 0 N–H and O–H groups in total. The number of carbonyl (C=O) groups is 1. The molecule has 1 saturated heterocycles. The Kier molecular flexibility index (Phi) is 5.60. The molecule has 1 aliphatic heterocycles. The number of carbonyl (C=O) groups excluding carboxylic acids is 1. The van der Waals surface area contributed by atoms with Crippen LogP contribution in [0.4, 0.5) is 0 Å². The van der Waals surface area contributed by atoms with E-state index in [-0.39, 0.29) is 5.78 Å². The fourth-order valence-electron chi connectivity index (χ4n) is 2.84. The first-order valence-electron chi connectivity index (χ1n) is 7.62. The standard InChI is InChI=1S/C17H25NO2/c1-14-7-5-10-18(13-14)11-6-12-20-17-9-4-3-8-16(17)15(2)19/h3-4,8-9,14H,5-7,10-13H2,1-2H3/t14-/m1/s1. The Morgan fingerprint density at radius 1 is 1.40 bits per heavy atom. The molecule has 20 heavy (non-hydrogen) atoms. The number of likely N-dealkylation sites (tertiary alicyclic amines) is 1. The molecule has 0 aliphatic carbocycles. The summed E-state index contributed by atoms with van der Waals surface area (Å²) in [7, 11) is 0. The Morgan fingerprint density at radius 3 is 2.95 bits per heavy atom. The quantitative estimate of drug-likeness (QED) is 0.589. The van der Waals surface area contributed by atoms with Crippen molar-refractivity contribution in [1.29, 1.82) is 0 Å². The van der Waals surface area contributed by atoms with Gasteiger partial charge in [0, 0.05) is 13.1 Å². The fraction of sp³-hybridized carbons (Fsp3) is 0.588. The van der Waals surface area contributed by atoms with Crippen molar-refractivity contribution in [2.75, 3.05) is 26.2 Å². The first-order chi connectivity index (χ1) is 9.66. The molecule has 0 aromatic heterocycles. The van der Waals surface area contributed by atoms with E-state index in [0.717, 1.165) is 18.9 Å². The van der Waals surface area contributed by atoms with E-state index in [0.29, 0.717) is 17.9 Å². The van der Waals surface area contributed by atoms with Crippen LogP contribution in [-0.4, -0.2) is 36.9 Å². The lowest BCUT2D eigenvalue weighted by atomic mass is 10.0. The van der Waals surface area contributed by atoms with Gasteiger partial charge in [0.15, 0.2) is 5.78 Å². The van der Waals surface area contributed by atoms with Crippen molar-refractivity contribution in [3.05, 3.63) is 29.8 Å². The van der Waals surface area contributed by atoms with E-state index in [1.165, 1.54) is 25.9 Å². The molecule has 3 nitrogen and oxygen atoms in total. The molecule has 1 aromatic carbocycles. The van der Waals surface area contributed by atoms with Gasteiger partial charge in [0.25, 0.3) is 0 Å². The first kappa shape index (κ1) is 15.0. The molecule has 0 unspecified atom stereocenters. The molecule has 110 valence electrons. The zero-order valence-corrected chi connectivity index (χ0v) is 12.6. The molecule has 1 fully saturated rings. The minimum atomic E-state index is 0.0606. The molecule has 1 aliphatic rings. The molecule has 3 heteroatoms. The predicted molar refractivity (Wildman–Crippen MR) is 81.4 cm³/mol. The summed E-state index contributed by atoms with van der Waals surface area (Å²) in [6.45, 7) is 8.10. The second-order valence-electron chi connectivity index (χ2n) is 5.80. The highest BCUT2D eigenvalue weighted by Gasteiger charge is 2.15. The number of benzene rings is 1. The maximum absolute atomic E-state index is 11.5. The van der Waals surface area contributed by atoms with Crippen LogP contribution in [-0.2, 0) is 0 Å². The van der Waals surface area contributed by atoms with E-state index >= 15 is 0 Å². The van der Waals surface area contributed by atoms with Gasteiger partial charge in [-0.05, 0) is 50.8 Å². The predicted octanol–water partition coefficient (Wildman–Crippen LogP) is 3.39. The van der Waals surface area contributed by atoms with Crippen LogP contribution in [0.1, 0.15) is 43.5 Å². The number of ketones is 1. The summed E-state index contributed by atoms with van der Waals surface area (Å²) in [4.78, 5) is 14.0. The molecule has 0 saturated carbocycles. The molecule has 1 heterocycles. The van der Waals surface area contributed by atoms with Crippen molar-refractivity contribution in [1.82, 2.24) is 4.90 Å². The maximum atomic E-state index is 11.5. The molecule has 0 bridgehead atoms. The SMILES string of the molecule is CC(=O)c1ccccc1OCCCN1CCC[C@@H](C)C1. The Hall–Kier alpha value is -1.35. The number of ether oxygens (including phenoxy) is 1. The third-order valence-electron chi connectivity index (χ3n) is 3.88. The average molecular weight is 275 g/mol. The summed E-state index contributed by atoms with van der Waals surface area (Å²) < 4.78 is 5.77. The van der Waals surface area contributed by atoms with E-state index in [9.17, 15) is 4.79 Å². The van der Waals surface area contributed by atoms with Gasteiger partial charge >= 0.3 is 0 Å². The number of Topliss-reactive ketones (excluding diaryl/α,β-unsaturated/α-hetero) is 1.